The Morgan fingerprint density at radius 2 is 2.09 bits per heavy atom. The van der Waals surface area contributed by atoms with Crippen LogP contribution in [0.4, 0.5) is 13.2 Å². The van der Waals surface area contributed by atoms with E-state index in [0.29, 0.717) is 12.1 Å². The molecule has 0 saturated carbocycles. The molecule has 0 saturated heterocycles. The maximum absolute atomic E-state index is 13.1. The van der Waals surface area contributed by atoms with E-state index in [0.717, 1.165) is 4.57 Å². The number of rotatable bonds is 4. The van der Waals surface area contributed by atoms with Crippen molar-refractivity contribution in [3.8, 4) is 0 Å². The zero-order valence-electron chi connectivity index (χ0n) is 12.2. The van der Waals surface area contributed by atoms with E-state index in [1.807, 2.05) is 0 Å². The van der Waals surface area contributed by atoms with E-state index in [9.17, 15) is 18.0 Å². The van der Waals surface area contributed by atoms with Crippen LogP contribution in [0.15, 0.2) is 18.2 Å². The molecule has 1 aromatic carbocycles. The Labute approximate surface area is 125 Å². The van der Waals surface area contributed by atoms with Crippen LogP contribution in [0.5, 0.6) is 0 Å². The summed E-state index contributed by atoms with van der Waals surface area (Å²) in [5.74, 6) is -1.35. The Bertz CT molecular complexity index is 691. The van der Waals surface area contributed by atoms with Gasteiger partial charge in [0.2, 0.25) is 5.82 Å². The summed E-state index contributed by atoms with van der Waals surface area (Å²) in [5, 5.41) is 2.57. The van der Waals surface area contributed by atoms with Gasteiger partial charge in [0.05, 0.1) is 11.0 Å². The molecule has 0 fully saturated rings. The maximum atomic E-state index is 13.1. The van der Waals surface area contributed by atoms with Crippen molar-refractivity contribution in [2.75, 3.05) is 13.1 Å². The molecule has 1 amide bonds. The third-order valence-electron chi connectivity index (χ3n) is 3.15. The lowest BCUT2D eigenvalue weighted by Crippen LogP contribution is -2.28. The quantitative estimate of drug-likeness (QED) is 0.909. The molecule has 0 unspecified atom stereocenters. The van der Waals surface area contributed by atoms with Crippen LogP contribution in [-0.4, -0.2) is 28.5 Å². The van der Waals surface area contributed by atoms with E-state index in [4.69, 9.17) is 5.73 Å². The summed E-state index contributed by atoms with van der Waals surface area (Å²) in [6.45, 7) is 3.88. The minimum Gasteiger partial charge on any atom is -0.351 e. The lowest BCUT2D eigenvalue weighted by Gasteiger charge is -2.14. The van der Waals surface area contributed by atoms with Crippen molar-refractivity contribution in [3.63, 3.8) is 0 Å². The van der Waals surface area contributed by atoms with Crippen molar-refractivity contribution in [3.05, 3.63) is 29.6 Å². The van der Waals surface area contributed by atoms with Gasteiger partial charge in [0, 0.05) is 24.7 Å². The van der Waals surface area contributed by atoms with Crippen LogP contribution in [0.3, 0.4) is 0 Å². The van der Waals surface area contributed by atoms with E-state index >= 15 is 0 Å². The minimum atomic E-state index is -4.55. The summed E-state index contributed by atoms with van der Waals surface area (Å²) in [7, 11) is 0. The molecule has 22 heavy (non-hydrogen) atoms. The Balaban J connectivity index is 2.53. The fourth-order valence-corrected chi connectivity index (χ4v) is 2.25. The topological polar surface area (TPSA) is 72.9 Å². The first-order valence-corrected chi connectivity index (χ1v) is 6.83. The van der Waals surface area contributed by atoms with Gasteiger partial charge in [-0.3, -0.25) is 4.79 Å². The fourth-order valence-electron chi connectivity index (χ4n) is 2.25. The number of nitrogens with two attached hydrogens (primary N) is 1. The van der Waals surface area contributed by atoms with Gasteiger partial charge in [-0.1, -0.05) is 0 Å². The number of halogens is 3. The molecule has 0 aliphatic carbocycles. The summed E-state index contributed by atoms with van der Waals surface area (Å²) in [4.78, 5) is 15.5. The molecule has 0 atom stereocenters. The number of alkyl halides is 3. The molecule has 5 nitrogen and oxygen atoms in total. The van der Waals surface area contributed by atoms with Crippen LogP contribution in [0.2, 0.25) is 0 Å². The molecule has 3 N–H and O–H groups in total. The number of hydrogen-bond donors (Lipinski definition) is 2. The molecule has 2 rings (SSSR count). The summed E-state index contributed by atoms with van der Waals surface area (Å²) in [5.41, 5.74) is 6.03. The first-order valence-electron chi connectivity index (χ1n) is 6.83. The summed E-state index contributed by atoms with van der Waals surface area (Å²) < 4.78 is 40.4. The van der Waals surface area contributed by atoms with E-state index in [1.165, 1.54) is 18.2 Å². The van der Waals surface area contributed by atoms with Crippen LogP contribution < -0.4 is 11.1 Å². The molecule has 0 bridgehead atoms. The van der Waals surface area contributed by atoms with Gasteiger partial charge in [-0.25, -0.2) is 4.98 Å². The number of carbonyl (C=O) groups excluding carboxylic acids is 1. The van der Waals surface area contributed by atoms with Crippen molar-refractivity contribution >= 4 is 16.9 Å². The van der Waals surface area contributed by atoms with E-state index in [2.05, 4.69) is 10.3 Å². The first-order chi connectivity index (χ1) is 10.3. The maximum Gasteiger partial charge on any atom is 0.449 e. The Hall–Kier alpha value is -2.09. The van der Waals surface area contributed by atoms with Gasteiger partial charge in [0.15, 0.2) is 0 Å². The molecule has 2 aromatic rings. The molecule has 0 radical (unpaired) electrons. The van der Waals surface area contributed by atoms with E-state index in [-0.39, 0.29) is 23.5 Å². The molecular weight excluding hydrogens is 297 g/mol. The van der Waals surface area contributed by atoms with Crippen LogP contribution in [0.25, 0.3) is 11.0 Å². The van der Waals surface area contributed by atoms with Crippen molar-refractivity contribution in [1.82, 2.24) is 14.9 Å². The van der Waals surface area contributed by atoms with Gasteiger partial charge in [-0.2, -0.15) is 13.2 Å². The third kappa shape index (κ3) is 3.06. The standard InChI is InChI=1S/C14H17F3N4O/c1-8(2)21-11-4-3-9(12(22)19-6-5-18)7-10(11)20-13(21)14(15,16)17/h3-4,7-8H,5-6,18H2,1-2H3,(H,19,22). The Morgan fingerprint density at radius 1 is 1.41 bits per heavy atom. The molecule has 8 heteroatoms. The van der Waals surface area contributed by atoms with Gasteiger partial charge in [-0.05, 0) is 32.0 Å². The SMILES string of the molecule is CC(C)n1c(C(F)(F)F)nc2cc(C(=O)NCCN)ccc21. The predicted octanol–water partition coefficient (Wildman–Crippen LogP) is 2.32. The smallest absolute Gasteiger partial charge is 0.351 e. The van der Waals surface area contributed by atoms with E-state index in [1.54, 1.807) is 13.8 Å². The summed E-state index contributed by atoms with van der Waals surface area (Å²) in [6, 6.07) is 3.91. The van der Waals surface area contributed by atoms with Crippen LogP contribution in [-0.2, 0) is 6.18 Å². The molecule has 0 aliphatic rings. The second-order valence-electron chi connectivity index (χ2n) is 5.14. The van der Waals surface area contributed by atoms with Crippen LogP contribution in [0.1, 0.15) is 36.1 Å². The average molecular weight is 314 g/mol. The molecule has 1 aromatic heterocycles. The largest absolute Gasteiger partial charge is 0.449 e. The highest BCUT2D eigenvalue weighted by Gasteiger charge is 2.38. The molecular formula is C14H17F3N4O. The Kier molecular flexibility index (Phi) is 4.41. The van der Waals surface area contributed by atoms with Gasteiger partial charge in [-0.15, -0.1) is 0 Å². The number of fused-ring (bicyclic) bond motifs is 1. The zero-order valence-corrected chi connectivity index (χ0v) is 12.2. The number of nitrogens with one attached hydrogen (secondary N) is 1. The van der Waals surface area contributed by atoms with Gasteiger partial charge in [0.1, 0.15) is 0 Å². The van der Waals surface area contributed by atoms with Crippen LogP contribution in [0, 0.1) is 0 Å². The summed E-state index contributed by atoms with van der Waals surface area (Å²) >= 11 is 0. The van der Waals surface area contributed by atoms with Gasteiger partial charge in [0.25, 0.3) is 5.91 Å². The van der Waals surface area contributed by atoms with Gasteiger partial charge < -0.3 is 15.6 Å². The highest BCUT2D eigenvalue weighted by atomic mass is 19.4. The number of carbonyl (C=O) groups is 1. The fraction of sp³-hybridized carbons (Fsp3) is 0.429. The average Bonchev–Trinajstić information content (AvgIpc) is 2.83. The normalized spacial score (nSPS) is 12.1. The van der Waals surface area contributed by atoms with Crippen molar-refractivity contribution in [2.45, 2.75) is 26.1 Å². The zero-order chi connectivity index (χ0) is 16.5. The highest BCUT2D eigenvalue weighted by molar-refractivity contribution is 5.97. The number of hydrogen-bond acceptors (Lipinski definition) is 3. The number of amides is 1. The molecule has 0 spiro atoms. The third-order valence-corrected chi connectivity index (χ3v) is 3.15. The molecule has 0 aliphatic heterocycles. The minimum absolute atomic E-state index is 0.140. The monoisotopic (exact) mass is 314 g/mol. The number of nitrogens with zero attached hydrogens (tertiary/aromatic N) is 2. The summed E-state index contributed by atoms with van der Waals surface area (Å²) in [6.07, 6.45) is -4.55. The van der Waals surface area contributed by atoms with Gasteiger partial charge >= 0.3 is 6.18 Å². The first kappa shape index (κ1) is 16.3. The highest BCUT2D eigenvalue weighted by Crippen LogP contribution is 2.33. The second-order valence-corrected chi connectivity index (χ2v) is 5.14. The molecule has 1 heterocycles. The number of imidazole rings is 1. The second kappa shape index (κ2) is 5.96. The lowest BCUT2D eigenvalue weighted by atomic mass is 10.2. The number of benzene rings is 1. The lowest BCUT2D eigenvalue weighted by molar-refractivity contribution is -0.147. The number of aromatic nitrogens is 2. The van der Waals surface area contributed by atoms with Crippen molar-refractivity contribution < 1.29 is 18.0 Å². The van der Waals surface area contributed by atoms with Crippen molar-refractivity contribution in [2.24, 2.45) is 5.73 Å². The van der Waals surface area contributed by atoms with Crippen LogP contribution >= 0.6 is 0 Å². The van der Waals surface area contributed by atoms with Crippen molar-refractivity contribution in [1.29, 1.82) is 0 Å². The van der Waals surface area contributed by atoms with E-state index < -0.39 is 18.0 Å². The molecule has 120 valence electrons. The Morgan fingerprint density at radius 3 is 2.64 bits per heavy atom. The predicted molar refractivity (Wildman–Crippen MR) is 76.5 cm³/mol.